The Hall–Kier alpha value is -1.55. The lowest BCUT2D eigenvalue weighted by atomic mass is 9.99. The SMILES string of the molecule is COc1cc(OC)cc(C(Br)c2cc(C)c(F)c(C)c2)c1. The Labute approximate surface area is 133 Å². The van der Waals surface area contributed by atoms with Crippen LogP contribution in [0.3, 0.4) is 0 Å². The van der Waals surface area contributed by atoms with E-state index >= 15 is 0 Å². The van der Waals surface area contributed by atoms with Crippen molar-refractivity contribution < 1.29 is 13.9 Å². The number of hydrogen-bond donors (Lipinski definition) is 0. The number of benzene rings is 2. The number of hydrogen-bond acceptors (Lipinski definition) is 2. The molecular formula is C17H18BrFO2. The normalized spacial score (nSPS) is 12.1. The van der Waals surface area contributed by atoms with Crippen molar-refractivity contribution >= 4 is 15.9 Å². The highest BCUT2D eigenvalue weighted by molar-refractivity contribution is 9.09. The number of methoxy groups -OCH3 is 2. The summed E-state index contributed by atoms with van der Waals surface area (Å²) < 4.78 is 24.3. The Morgan fingerprint density at radius 2 is 1.29 bits per heavy atom. The third kappa shape index (κ3) is 3.38. The van der Waals surface area contributed by atoms with E-state index in [0.717, 1.165) is 22.6 Å². The highest BCUT2D eigenvalue weighted by atomic mass is 79.9. The van der Waals surface area contributed by atoms with Gasteiger partial charge in [0, 0.05) is 6.07 Å². The van der Waals surface area contributed by atoms with Crippen molar-refractivity contribution in [3.8, 4) is 11.5 Å². The van der Waals surface area contributed by atoms with Gasteiger partial charge in [0.05, 0.1) is 19.0 Å². The average molecular weight is 353 g/mol. The molecule has 2 nitrogen and oxygen atoms in total. The smallest absolute Gasteiger partial charge is 0.129 e. The molecule has 2 aromatic rings. The summed E-state index contributed by atoms with van der Waals surface area (Å²) in [4.78, 5) is -0.0560. The molecular weight excluding hydrogens is 335 g/mol. The van der Waals surface area contributed by atoms with Crippen LogP contribution in [0.4, 0.5) is 4.39 Å². The fourth-order valence-corrected chi connectivity index (χ4v) is 2.82. The van der Waals surface area contributed by atoms with E-state index in [2.05, 4.69) is 15.9 Å². The van der Waals surface area contributed by atoms with Gasteiger partial charge in [0.15, 0.2) is 0 Å². The van der Waals surface area contributed by atoms with Gasteiger partial charge in [-0.15, -0.1) is 0 Å². The van der Waals surface area contributed by atoms with E-state index in [1.54, 1.807) is 28.1 Å². The van der Waals surface area contributed by atoms with Gasteiger partial charge in [-0.1, -0.05) is 28.1 Å². The Morgan fingerprint density at radius 3 is 1.71 bits per heavy atom. The highest BCUT2D eigenvalue weighted by Crippen LogP contribution is 2.36. The van der Waals surface area contributed by atoms with Gasteiger partial charge in [-0.25, -0.2) is 4.39 Å². The molecule has 0 heterocycles. The van der Waals surface area contributed by atoms with E-state index in [4.69, 9.17) is 9.47 Å². The summed E-state index contributed by atoms with van der Waals surface area (Å²) in [6, 6.07) is 9.41. The maximum atomic E-state index is 13.8. The van der Waals surface area contributed by atoms with Crippen LogP contribution in [0.2, 0.25) is 0 Å². The zero-order chi connectivity index (χ0) is 15.6. The molecule has 0 spiro atoms. The molecule has 0 aliphatic rings. The molecule has 0 bridgehead atoms. The highest BCUT2D eigenvalue weighted by Gasteiger charge is 2.15. The standard InChI is InChI=1S/C17H18BrFO2/c1-10-5-12(6-11(2)17(10)19)16(18)13-7-14(20-3)9-15(8-13)21-4/h5-9,16H,1-4H3. The fraction of sp³-hybridized carbons (Fsp3) is 0.294. The van der Waals surface area contributed by atoms with Gasteiger partial charge in [-0.2, -0.15) is 0 Å². The summed E-state index contributed by atoms with van der Waals surface area (Å²) in [6.07, 6.45) is 0. The number of alkyl halides is 1. The lowest BCUT2D eigenvalue weighted by Gasteiger charge is -2.15. The number of rotatable bonds is 4. The maximum Gasteiger partial charge on any atom is 0.129 e. The molecule has 1 atom stereocenters. The third-order valence-electron chi connectivity index (χ3n) is 3.42. The first kappa shape index (κ1) is 15.8. The zero-order valence-electron chi connectivity index (χ0n) is 12.5. The predicted molar refractivity (Wildman–Crippen MR) is 86.2 cm³/mol. The number of aryl methyl sites for hydroxylation is 2. The predicted octanol–water partition coefficient (Wildman–Crippen LogP) is 4.94. The van der Waals surface area contributed by atoms with E-state index < -0.39 is 0 Å². The third-order valence-corrected chi connectivity index (χ3v) is 4.48. The second kappa shape index (κ2) is 6.48. The van der Waals surface area contributed by atoms with Crippen LogP contribution in [0.25, 0.3) is 0 Å². The van der Waals surface area contributed by atoms with E-state index in [-0.39, 0.29) is 10.6 Å². The van der Waals surface area contributed by atoms with Crippen molar-refractivity contribution in [1.29, 1.82) is 0 Å². The van der Waals surface area contributed by atoms with Crippen molar-refractivity contribution in [2.45, 2.75) is 18.7 Å². The first-order valence-electron chi connectivity index (χ1n) is 6.60. The molecule has 0 aliphatic carbocycles. The molecule has 1 unspecified atom stereocenters. The van der Waals surface area contributed by atoms with Crippen molar-refractivity contribution in [2.75, 3.05) is 14.2 Å². The van der Waals surface area contributed by atoms with Crippen molar-refractivity contribution in [3.63, 3.8) is 0 Å². The summed E-state index contributed by atoms with van der Waals surface area (Å²) in [5.74, 6) is 1.30. The van der Waals surface area contributed by atoms with E-state index in [0.29, 0.717) is 11.1 Å². The summed E-state index contributed by atoms with van der Waals surface area (Å²) in [5, 5.41) is 0. The van der Waals surface area contributed by atoms with Gasteiger partial charge in [0.25, 0.3) is 0 Å². The van der Waals surface area contributed by atoms with Crippen LogP contribution >= 0.6 is 15.9 Å². The van der Waals surface area contributed by atoms with Gasteiger partial charge in [0.1, 0.15) is 17.3 Å². The Balaban J connectivity index is 2.46. The van der Waals surface area contributed by atoms with Gasteiger partial charge < -0.3 is 9.47 Å². The van der Waals surface area contributed by atoms with Crippen LogP contribution in [0.5, 0.6) is 11.5 Å². The summed E-state index contributed by atoms with van der Waals surface area (Å²) >= 11 is 3.68. The summed E-state index contributed by atoms with van der Waals surface area (Å²) in [5.41, 5.74) is 3.28. The molecule has 0 aliphatic heterocycles. The van der Waals surface area contributed by atoms with E-state index in [9.17, 15) is 4.39 Å². The van der Waals surface area contributed by atoms with Crippen LogP contribution in [-0.2, 0) is 0 Å². The number of ether oxygens (including phenoxy) is 2. The van der Waals surface area contributed by atoms with Gasteiger partial charge >= 0.3 is 0 Å². The van der Waals surface area contributed by atoms with Crippen LogP contribution in [0.15, 0.2) is 30.3 Å². The molecule has 0 aromatic heterocycles. The lowest BCUT2D eigenvalue weighted by Crippen LogP contribution is -1.99. The van der Waals surface area contributed by atoms with Gasteiger partial charge in [-0.05, 0) is 48.2 Å². The van der Waals surface area contributed by atoms with Crippen LogP contribution < -0.4 is 9.47 Å². The van der Waals surface area contributed by atoms with Crippen LogP contribution in [0, 0.1) is 19.7 Å². The van der Waals surface area contributed by atoms with Gasteiger partial charge in [0.2, 0.25) is 0 Å². The molecule has 0 saturated carbocycles. The number of halogens is 2. The molecule has 4 heteroatoms. The summed E-state index contributed by atoms with van der Waals surface area (Å²) in [6.45, 7) is 3.55. The average Bonchev–Trinajstić information content (AvgIpc) is 2.50. The molecule has 0 radical (unpaired) electrons. The quantitative estimate of drug-likeness (QED) is 0.725. The molecule has 112 valence electrons. The van der Waals surface area contributed by atoms with E-state index in [1.165, 1.54) is 0 Å². The minimum absolute atomic E-state index is 0.0560. The molecule has 0 N–H and O–H groups in total. The molecule has 2 aromatic carbocycles. The zero-order valence-corrected chi connectivity index (χ0v) is 14.1. The van der Waals surface area contributed by atoms with Crippen LogP contribution in [-0.4, -0.2) is 14.2 Å². The first-order valence-corrected chi connectivity index (χ1v) is 7.51. The summed E-state index contributed by atoms with van der Waals surface area (Å²) in [7, 11) is 3.24. The van der Waals surface area contributed by atoms with Crippen molar-refractivity contribution in [2.24, 2.45) is 0 Å². The molecule has 21 heavy (non-hydrogen) atoms. The molecule has 2 rings (SSSR count). The van der Waals surface area contributed by atoms with Crippen molar-refractivity contribution in [3.05, 3.63) is 58.4 Å². The first-order chi connectivity index (χ1) is 9.96. The van der Waals surface area contributed by atoms with Crippen molar-refractivity contribution in [1.82, 2.24) is 0 Å². The Bertz CT molecular complexity index is 610. The van der Waals surface area contributed by atoms with Crippen LogP contribution in [0.1, 0.15) is 27.1 Å². The second-order valence-electron chi connectivity index (χ2n) is 4.98. The van der Waals surface area contributed by atoms with E-state index in [1.807, 2.05) is 30.3 Å². The fourth-order valence-electron chi connectivity index (χ4n) is 2.29. The Morgan fingerprint density at radius 1 is 0.857 bits per heavy atom. The lowest BCUT2D eigenvalue weighted by molar-refractivity contribution is 0.393. The van der Waals surface area contributed by atoms with Gasteiger partial charge in [-0.3, -0.25) is 0 Å². The Kier molecular flexibility index (Phi) is 4.88. The second-order valence-corrected chi connectivity index (χ2v) is 5.89. The topological polar surface area (TPSA) is 18.5 Å². The maximum absolute atomic E-state index is 13.8. The largest absolute Gasteiger partial charge is 0.497 e. The minimum Gasteiger partial charge on any atom is -0.497 e. The molecule has 0 fully saturated rings. The minimum atomic E-state index is -0.151. The molecule has 0 amide bonds. The molecule has 0 saturated heterocycles. The monoisotopic (exact) mass is 352 g/mol.